The van der Waals surface area contributed by atoms with Crippen molar-refractivity contribution >= 4 is 22.9 Å². The second kappa shape index (κ2) is 4.87. The minimum atomic E-state index is 0.292. The van der Waals surface area contributed by atoms with Gasteiger partial charge in [-0.3, -0.25) is 0 Å². The Bertz CT molecular complexity index is 564. The van der Waals surface area contributed by atoms with Crippen molar-refractivity contribution in [1.29, 1.82) is 5.26 Å². The van der Waals surface area contributed by atoms with Crippen molar-refractivity contribution in [3.63, 3.8) is 0 Å². The summed E-state index contributed by atoms with van der Waals surface area (Å²) in [4.78, 5) is 4.65. The zero-order valence-electron chi connectivity index (χ0n) is 9.57. The van der Waals surface area contributed by atoms with Crippen LogP contribution in [0.1, 0.15) is 30.2 Å². The highest BCUT2D eigenvalue weighted by Crippen LogP contribution is 2.30. The number of thiazole rings is 1. The topological polar surface area (TPSA) is 36.7 Å². The molecule has 0 saturated heterocycles. The second-order valence-electron chi connectivity index (χ2n) is 4.03. The Morgan fingerprint density at radius 1 is 1.29 bits per heavy atom. The lowest BCUT2D eigenvalue weighted by atomic mass is 10.0. The van der Waals surface area contributed by atoms with E-state index in [1.165, 1.54) is 16.9 Å². The molecule has 0 N–H and O–H groups in total. The Morgan fingerprint density at radius 3 is 2.41 bits per heavy atom. The largest absolute Gasteiger partial charge is 0.223 e. The number of nitriles is 1. The minimum absolute atomic E-state index is 0.292. The molecule has 0 aliphatic heterocycles. The van der Waals surface area contributed by atoms with Crippen molar-refractivity contribution in [2.75, 3.05) is 0 Å². The maximum absolute atomic E-state index is 8.83. The maximum atomic E-state index is 8.83. The lowest BCUT2D eigenvalue weighted by Gasteiger charge is -2.05. The van der Waals surface area contributed by atoms with Crippen molar-refractivity contribution in [2.24, 2.45) is 0 Å². The lowest BCUT2D eigenvalue weighted by molar-refractivity contribution is 0.867. The fourth-order valence-corrected chi connectivity index (χ4v) is 2.56. The standard InChI is InChI=1S/C13H11ClN2S/c1-8(2)9-3-5-10(6-4-9)13-16-12(14)11(7-15)17-13/h3-6,8H,1-2H3. The predicted octanol–water partition coefficient (Wildman–Crippen LogP) is 4.46. The molecule has 4 heteroatoms. The molecule has 0 aliphatic rings. The number of hydrogen-bond donors (Lipinski definition) is 0. The molecule has 0 spiro atoms. The van der Waals surface area contributed by atoms with Crippen LogP contribution in [0.2, 0.25) is 5.15 Å². The fraction of sp³-hybridized carbons (Fsp3) is 0.231. The summed E-state index contributed by atoms with van der Waals surface area (Å²) in [7, 11) is 0. The van der Waals surface area contributed by atoms with E-state index in [2.05, 4.69) is 31.0 Å². The number of hydrogen-bond acceptors (Lipinski definition) is 3. The summed E-state index contributed by atoms with van der Waals surface area (Å²) in [6.07, 6.45) is 0. The average Bonchev–Trinajstić information content (AvgIpc) is 2.70. The highest BCUT2D eigenvalue weighted by molar-refractivity contribution is 7.16. The molecule has 0 bridgehead atoms. The highest BCUT2D eigenvalue weighted by atomic mass is 35.5. The van der Waals surface area contributed by atoms with Gasteiger partial charge in [0.1, 0.15) is 16.0 Å². The van der Waals surface area contributed by atoms with Gasteiger partial charge in [0.2, 0.25) is 0 Å². The number of nitrogens with zero attached hydrogens (tertiary/aromatic N) is 2. The van der Waals surface area contributed by atoms with Crippen LogP contribution in [-0.4, -0.2) is 4.98 Å². The molecule has 0 radical (unpaired) electrons. The van der Waals surface area contributed by atoms with Crippen LogP contribution in [0, 0.1) is 11.3 Å². The van der Waals surface area contributed by atoms with Crippen LogP contribution < -0.4 is 0 Å². The van der Waals surface area contributed by atoms with Crippen LogP contribution in [-0.2, 0) is 0 Å². The van der Waals surface area contributed by atoms with Gasteiger partial charge < -0.3 is 0 Å². The summed E-state index contributed by atoms with van der Waals surface area (Å²) in [6.45, 7) is 4.31. The molecule has 0 aliphatic carbocycles. The summed E-state index contributed by atoms with van der Waals surface area (Å²) in [5, 5.41) is 9.92. The van der Waals surface area contributed by atoms with E-state index >= 15 is 0 Å². The molecule has 1 heterocycles. The van der Waals surface area contributed by atoms with Crippen LogP contribution in [0.15, 0.2) is 24.3 Å². The third-order valence-corrected chi connectivity index (χ3v) is 3.91. The molecule has 2 aromatic rings. The van der Waals surface area contributed by atoms with E-state index < -0.39 is 0 Å². The van der Waals surface area contributed by atoms with Crippen molar-refractivity contribution in [3.05, 3.63) is 39.9 Å². The summed E-state index contributed by atoms with van der Waals surface area (Å²) < 4.78 is 0. The van der Waals surface area contributed by atoms with Gasteiger partial charge >= 0.3 is 0 Å². The molecule has 0 amide bonds. The monoisotopic (exact) mass is 262 g/mol. The highest BCUT2D eigenvalue weighted by Gasteiger charge is 2.10. The van der Waals surface area contributed by atoms with E-state index in [1.54, 1.807) is 0 Å². The van der Waals surface area contributed by atoms with Crippen LogP contribution in [0.3, 0.4) is 0 Å². The van der Waals surface area contributed by atoms with E-state index in [9.17, 15) is 0 Å². The predicted molar refractivity (Wildman–Crippen MR) is 71.4 cm³/mol. The molecule has 17 heavy (non-hydrogen) atoms. The quantitative estimate of drug-likeness (QED) is 0.801. The Kier molecular flexibility index (Phi) is 3.46. The van der Waals surface area contributed by atoms with E-state index in [0.29, 0.717) is 15.9 Å². The Morgan fingerprint density at radius 2 is 1.94 bits per heavy atom. The van der Waals surface area contributed by atoms with Crippen molar-refractivity contribution in [3.8, 4) is 16.6 Å². The van der Waals surface area contributed by atoms with Gasteiger partial charge in [-0.25, -0.2) is 4.98 Å². The summed E-state index contributed by atoms with van der Waals surface area (Å²) in [5.41, 5.74) is 2.29. The van der Waals surface area contributed by atoms with Gasteiger partial charge in [-0.15, -0.1) is 11.3 Å². The van der Waals surface area contributed by atoms with Gasteiger partial charge in [-0.2, -0.15) is 5.26 Å². The Labute approximate surface area is 110 Å². The smallest absolute Gasteiger partial charge is 0.158 e. The molecule has 1 aromatic carbocycles. The normalized spacial score (nSPS) is 10.5. The third kappa shape index (κ3) is 2.49. The van der Waals surface area contributed by atoms with E-state index in [0.717, 1.165) is 10.6 Å². The molecule has 86 valence electrons. The fourth-order valence-electron chi connectivity index (χ4n) is 1.50. The number of rotatable bonds is 2. The zero-order chi connectivity index (χ0) is 12.4. The van der Waals surface area contributed by atoms with Crippen molar-refractivity contribution < 1.29 is 0 Å². The number of aromatic nitrogens is 1. The molecule has 1 aromatic heterocycles. The van der Waals surface area contributed by atoms with Gasteiger partial charge in [0.15, 0.2) is 5.15 Å². The lowest BCUT2D eigenvalue weighted by Crippen LogP contribution is -1.86. The minimum Gasteiger partial charge on any atom is -0.223 e. The first-order valence-electron chi connectivity index (χ1n) is 5.28. The van der Waals surface area contributed by atoms with Crippen LogP contribution in [0.25, 0.3) is 10.6 Å². The van der Waals surface area contributed by atoms with Crippen LogP contribution >= 0.6 is 22.9 Å². The summed E-state index contributed by atoms with van der Waals surface area (Å²) in [6, 6.07) is 10.2. The summed E-state index contributed by atoms with van der Waals surface area (Å²) in [5.74, 6) is 0.513. The zero-order valence-corrected chi connectivity index (χ0v) is 11.1. The van der Waals surface area contributed by atoms with Gasteiger partial charge in [-0.1, -0.05) is 49.7 Å². The molecule has 2 nitrogen and oxygen atoms in total. The second-order valence-corrected chi connectivity index (χ2v) is 5.38. The first-order chi connectivity index (χ1) is 8.11. The van der Waals surface area contributed by atoms with E-state index in [1.807, 2.05) is 18.2 Å². The molecule has 0 fully saturated rings. The molecule has 0 saturated carbocycles. The molecule has 0 atom stereocenters. The van der Waals surface area contributed by atoms with Crippen molar-refractivity contribution in [2.45, 2.75) is 19.8 Å². The molecule has 2 rings (SSSR count). The first-order valence-corrected chi connectivity index (χ1v) is 6.48. The van der Waals surface area contributed by atoms with Gasteiger partial charge in [0.05, 0.1) is 0 Å². The SMILES string of the molecule is CC(C)c1ccc(-c2nc(Cl)c(C#N)s2)cc1. The van der Waals surface area contributed by atoms with Crippen LogP contribution in [0.4, 0.5) is 0 Å². The first kappa shape index (κ1) is 12.1. The van der Waals surface area contributed by atoms with Gasteiger partial charge in [-0.05, 0) is 11.5 Å². The Hall–Kier alpha value is -1.37. The Balaban J connectivity index is 2.37. The number of halogens is 1. The van der Waals surface area contributed by atoms with E-state index in [4.69, 9.17) is 16.9 Å². The number of benzene rings is 1. The average molecular weight is 263 g/mol. The maximum Gasteiger partial charge on any atom is 0.158 e. The summed E-state index contributed by atoms with van der Waals surface area (Å²) >= 11 is 7.18. The van der Waals surface area contributed by atoms with Crippen molar-refractivity contribution in [1.82, 2.24) is 4.98 Å². The molecular weight excluding hydrogens is 252 g/mol. The van der Waals surface area contributed by atoms with Gasteiger partial charge in [0.25, 0.3) is 0 Å². The molecular formula is C13H11ClN2S. The molecule has 0 unspecified atom stereocenters. The van der Waals surface area contributed by atoms with E-state index in [-0.39, 0.29) is 0 Å². The van der Waals surface area contributed by atoms with Gasteiger partial charge in [0, 0.05) is 5.56 Å². The third-order valence-electron chi connectivity index (χ3n) is 2.51. The van der Waals surface area contributed by atoms with Crippen LogP contribution in [0.5, 0.6) is 0 Å².